The van der Waals surface area contributed by atoms with Crippen molar-refractivity contribution >= 4 is 50.7 Å². The molecule has 2 aliphatic heterocycles. The van der Waals surface area contributed by atoms with E-state index in [0.717, 1.165) is 31.8 Å². The van der Waals surface area contributed by atoms with Gasteiger partial charge in [0.1, 0.15) is 23.8 Å². The molecule has 44 heavy (non-hydrogen) atoms. The van der Waals surface area contributed by atoms with Crippen molar-refractivity contribution in [1.82, 2.24) is 31.4 Å². The van der Waals surface area contributed by atoms with E-state index in [9.17, 15) is 19.2 Å². The molecule has 0 bridgehead atoms. The van der Waals surface area contributed by atoms with Gasteiger partial charge in [0.05, 0.1) is 24.8 Å². The van der Waals surface area contributed by atoms with Crippen LogP contribution in [-0.2, 0) is 45.0 Å². The number of aryl methyl sites for hydroxylation is 1. The summed E-state index contributed by atoms with van der Waals surface area (Å²) in [6.45, 7) is 4.05. The number of H-pyrrole nitrogens is 1. The van der Waals surface area contributed by atoms with Crippen molar-refractivity contribution in [3.05, 3.63) is 76.4 Å². The molecule has 0 fully saturated rings. The molecule has 6 rings (SSSR count). The Morgan fingerprint density at radius 3 is 2.73 bits per heavy atom. The first-order chi connectivity index (χ1) is 21.3. The van der Waals surface area contributed by atoms with E-state index >= 15 is 0 Å². The molecule has 0 saturated heterocycles. The SMILES string of the molecule is CC[C@H](C)[C@H](NC(=O)Cc1cc2ccccc2s1)C(=O)N[C@H]1CCc2cccc3c2N(C1=O)[C@H](C(=O)NCc1cn[nH]n1)C3. The first-order valence-corrected chi connectivity index (χ1v) is 15.8. The number of rotatable bonds is 10. The molecule has 2 aromatic heterocycles. The van der Waals surface area contributed by atoms with Gasteiger partial charge in [-0.15, -0.1) is 11.3 Å². The van der Waals surface area contributed by atoms with Crippen LogP contribution in [0.5, 0.6) is 0 Å². The Labute approximate surface area is 258 Å². The van der Waals surface area contributed by atoms with Gasteiger partial charge in [-0.3, -0.25) is 24.1 Å². The van der Waals surface area contributed by atoms with Gasteiger partial charge in [-0.05, 0) is 47.4 Å². The number of amides is 4. The van der Waals surface area contributed by atoms with Gasteiger partial charge in [0, 0.05) is 16.0 Å². The molecular formula is C32H35N7O4S. The number of hydrogen-bond acceptors (Lipinski definition) is 7. The largest absolute Gasteiger partial charge is 0.348 e. The van der Waals surface area contributed by atoms with E-state index in [1.54, 1.807) is 16.2 Å². The maximum atomic E-state index is 14.1. The van der Waals surface area contributed by atoms with Crippen LogP contribution in [0.1, 0.15) is 48.4 Å². The summed E-state index contributed by atoms with van der Waals surface area (Å²) < 4.78 is 1.11. The molecule has 228 valence electrons. The van der Waals surface area contributed by atoms with Gasteiger partial charge < -0.3 is 16.0 Å². The molecule has 4 heterocycles. The van der Waals surface area contributed by atoms with Crippen LogP contribution >= 0.6 is 11.3 Å². The predicted molar refractivity (Wildman–Crippen MR) is 167 cm³/mol. The number of fused-ring (bicyclic) bond motifs is 1. The fourth-order valence-corrected chi connectivity index (χ4v) is 7.11. The number of thiophene rings is 1. The molecule has 2 aliphatic rings. The number of aromatic nitrogens is 3. The zero-order valence-electron chi connectivity index (χ0n) is 24.6. The molecule has 4 N–H and O–H groups in total. The number of nitrogens with one attached hydrogen (secondary N) is 4. The van der Waals surface area contributed by atoms with Crippen molar-refractivity contribution in [2.75, 3.05) is 4.90 Å². The normalized spacial score (nSPS) is 18.8. The maximum absolute atomic E-state index is 14.1. The van der Waals surface area contributed by atoms with Crippen LogP contribution in [0.4, 0.5) is 5.69 Å². The number of anilines is 1. The highest BCUT2D eigenvalue weighted by Gasteiger charge is 2.44. The maximum Gasteiger partial charge on any atom is 0.250 e. The second-order valence-electron chi connectivity index (χ2n) is 11.5. The minimum atomic E-state index is -0.849. The van der Waals surface area contributed by atoms with Crippen LogP contribution in [0, 0.1) is 5.92 Å². The highest BCUT2D eigenvalue weighted by atomic mass is 32.1. The first kappa shape index (κ1) is 29.5. The van der Waals surface area contributed by atoms with Crippen molar-refractivity contribution in [1.29, 1.82) is 0 Å². The summed E-state index contributed by atoms with van der Waals surface area (Å²) in [7, 11) is 0. The third kappa shape index (κ3) is 5.94. The highest BCUT2D eigenvalue weighted by molar-refractivity contribution is 7.19. The second-order valence-corrected chi connectivity index (χ2v) is 12.7. The predicted octanol–water partition coefficient (Wildman–Crippen LogP) is 2.80. The Hall–Kier alpha value is -4.58. The first-order valence-electron chi connectivity index (χ1n) is 15.0. The Bertz CT molecular complexity index is 1670. The Morgan fingerprint density at radius 1 is 1.14 bits per heavy atom. The summed E-state index contributed by atoms with van der Waals surface area (Å²) >= 11 is 1.56. The van der Waals surface area contributed by atoms with Crippen LogP contribution in [0.25, 0.3) is 10.1 Å². The van der Waals surface area contributed by atoms with Gasteiger partial charge in [-0.2, -0.15) is 15.4 Å². The fraction of sp³-hybridized carbons (Fsp3) is 0.375. The average molecular weight is 614 g/mol. The van der Waals surface area contributed by atoms with Crippen molar-refractivity contribution in [2.24, 2.45) is 5.92 Å². The number of carbonyl (C=O) groups excluding carboxylic acids is 4. The lowest BCUT2D eigenvalue weighted by Crippen LogP contribution is -2.58. The summed E-state index contributed by atoms with van der Waals surface area (Å²) in [5.74, 6) is -1.44. The third-order valence-corrected chi connectivity index (χ3v) is 9.67. The highest BCUT2D eigenvalue weighted by Crippen LogP contribution is 2.39. The summed E-state index contributed by atoms with van der Waals surface area (Å²) in [5, 5.41) is 20.1. The van der Waals surface area contributed by atoms with E-state index in [0.29, 0.717) is 31.4 Å². The number of carbonyl (C=O) groups is 4. The number of benzene rings is 2. The molecule has 0 spiro atoms. The molecule has 0 aliphatic carbocycles. The van der Waals surface area contributed by atoms with Crippen LogP contribution in [0.2, 0.25) is 0 Å². The van der Waals surface area contributed by atoms with Crippen molar-refractivity contribution in [3.8, 4) is 0 Å². The lowest BCUT2D eigenvalue weighted by molar-refractivity contribution is -0.133. The molecule has 0 radical (unpaired) electrons. The zero-order chi connectivity index (χ0) is 30.8. The molecule has 11 nitrogen and oxygen atoms in total. The van der Waals surface area contributed by atoms with Crippen molar-refractivity contribution < 1.29 is 19.2 Å². The van der Waals surface area contributed by atoms with E-state index in [1.165, 1.54) is 6.20 Å². The van der Waals surface area contributed by atoms with Gasteiger partial charge in [-0.25, -0.2) is 0 Å². The lowest BCUT2D eigenvalue weighted by atomic mass is 9.97. The van der Waals surface area contributed by atoms with Gasteiger partial charge in [0.2, 0.25) is 23.6 Å². The topological polar surface area (TPSA) is 149 Å². The summed E-state index contributed by atoms with van der Waals surface area (Å²) in [6.07, 6.45) is 3.68. The Balaban J connectivity index is 1.17. The van der Waals surface area contributed by atoms with Gasteiger partial charge in [0.15, 0.2) is 0 Å². The Morgan fingerprint density at radius 2 is 1.95 bits per heavy atom. The molecule has 12 heteroatoms. The van der Waals surface area contributed by atoms with Crippen LogP contribution in [-0.4, -0.2) is 57.2 Å². The second kappa shape index (κ2) is 12.6. The molecule has 2 aromatic carbocycles. The Kier molecular flexibility index (Phi) is 8.42. The fourth-order valence-electron chi connectivity index (χ4n) is 6.05. The van der Waals surface area contributed by atoms with Gasteiger partial charge in [-0.1, -0.05) is 56.7 Å². The van der Waals surface area contributed by atoms with E-state index in [4.69, 9.17) is 0 Å². The standard InChI is InChI=1S/C32H35N7O4S/c1-3-18(2)28(36-27(40)15-23-13-20-7-4-5-10-26(20)44-23)31(42)35-24-12-11-19-8-6-9-21-14-25(39(29(19)21)32(24)43)30(41)33-16-22-17-34-38-37-22/h4-10,13,17-18,24-25,28H,3,11-12,14-16H2,1-2H3,(H,33,41)(H,35,42)(H,36,40)(H,34,37,38)/t18-,24-,25-,28-/m0/s1. The molecule has 0 unspecified atom stereocenters. The molecule has 4 amide bonds. The number of nitrogens with zero attached hydrogens (tertiary/aromatic N) is 3. The molecular weight excluding hydrogens is 578 g/mol. The van der Waals surface area contributed by atoms with Crippen LogP contribution in [0.3, 0.4) is 0 Å². The van der Waals surface area contributed by atoms with Crippen LogP contribution in [0.15, 0.2) is 54.7 Å². The van der Waals surface area contributed by atoms with Gasteiger partial charge >= 0.3 is 0 Å². The van der Waals surface area contributed by atoms with E-state index in [-0.39, 0.29) is 36.6 Å². The molecule has 4 aromatic rings. The lowest BCUT2D eigenvalue weighted by Gasteiger charge is -2.29. The van der Waals surface area contributed by atoms with Crippen molar-refractivity contribution in [3.63, 3.8) is 0 Å². The van der Waals surface area contributed by atoms with Crippen molar-refractivity contribution in [2.45, 2.75) is 70.6 Å². The third-order valence-electron chi connectivity index (χ3n) is 8.56. The average Bonchev–Trinajstić information content (AvgIpc) is 3.76. The minimum absolute atomic E-state index is 0.159. The zero-order valence-corrected chi connectivity index (χ0v) is 25.4. The summed E-state index contributed by atoms with van der Waals surface area (Å²) in [6, 6.07) is 13.4. The summed E-state index contributed by atoms with van der Waals surface area (Å²) in [4.78, 5) is 56.8. The van der Waals surface area contributed by atoms with E-state index < -0.39 is 24.0 Å². The van der Waals surface area contributed by atoms with E-state index in [1.807, 2.05) is 62.4 Å². The molecule has 4 atom stereocenters. The number of aromatic amines is 1. The molecule has 0 saturated carbocycles. The monoisotopic (exact) mass is 613 g/mol. The number of para-hydroxylation sites is 1. The smallest absolute Gasteiger partial charge is 0.250 e. The quantitative estimate of drug-likeness (QED) is 0.216. The number of hydrogen-bond donors (Lipinski definition) is 4. The minimum Gasteiger partial charge on any atom is -0.348 e. The van der Waals surface area contributed by atoms with E-state index in [2.05, 4.69) is 31.4 Å². The summed E-state index contributed by atoms with van der Waals surface area (Å²) in [5.41, 5.74) is 3.23. The van der Waals surface area contributed by atoms with Crippen LogP contribution < -0.4 is 20.9 Å². The van der Waals surface area contributed by atoms with Gasteiger partial charge in [0.25, 0.3) is 0 Å².